The van der Waals surface area contributed by atoms with Gasteiger partial charge in [0.05, 0.1) is 12.5 Å². The summed E-state index contributed by atoms with van der Waals surface area (Å²) in [6.45, 7) is 1.26. The lowest BCUT2D eigenvalue weighted by molar-refractivity contribution is -0.144. The largest absolute Gasteiger partial charge is 0.496 e. The van der Waals surface area contributed by atoms with Crippen molar-refractivity contribution in [3.8, 4) is 5.75 Å². The van der Waals surface area contributed by atoms with Gasteiger partial charge in [-0.2, -0.15) is 0 Å². The van der Waals surface area contributed by atoms with Crippen molar-refractivity contribution < 1.29 is 14.6 Å². The second kappa shape index (κ2) is 5.51. The molecule has 1 N–H and O–H groups in total. The molecule has 104 valence electrons. The number of rotatable bonds is 6. The first-order valence-corrected chi connectivity index (χ1v) is 7.00. The van der Waals surface area contributed by atoms with Crippen molar-refractivity contribution in [2.45, 2.75) is 19.4 Å². The first-order valence-electron chi connectivity index (χ1n) is 6.21. The van der Waals surface area contributed by atoms with Crippen LogP contribution in [-0.4, -0.2) is 36.7 Å². The van der Waals surface area contributed by atoms with Crippen LogP contribution in [0.25, 0.3) is 0 Å². The molecule has 0 spiro atoms. The van der Waals surface area contributed by atoms with Gasteiger partial charge in [0.25, 0.3) is 0 Å². The average Bonchev–Trinajstić information content (AvgIpc) is 3.10. The van der Waals surface area contributed by atoms with Crippen LogP contribution in [0.2, 0.25) is 0 Å². The Hall–Kier alpha value is -1.07. The number of methoxy groups -OCH3 is 1. The maximum atomic E-state index is 11.2. The van der Waals surface area contributed by atoms with E-state index < -0.39 is 11.4 Å². The highest BCUT2D eigenvalue weighted by Gasteiger charge is 2.50. The highest BCUT2D eigenvalue weighted by molar-refractivity contribution is 9.10. The summed E-state index contributed by atoms with van der Waals surface area (Å²) < 4.78 is 6.33. The van der Waals surface area contributed by atoms with Crippen molar-refractivity contribution in [3.05, 3.63) is 28.2 Å². The van der Waals surface area contributed by atoms with Gasteiger partial charge in [-0.25, -0.2) is 0 Å². The summed E-state index contributed by atoms with van der Waals surface area (Å²) in [5.74, 6) is 0.149. The molecule has 1 saturated carbocycles. The molecule has 19 heavy (non-hydrogen) atoms. The van der Waals surface area contributed by atoms with Crippen LogP contribution in [0, 0.1) is 5.41 Å². The topological polar surface area (TPSA) is 49.8 Å². The lowest BCUT2D eigenvalue weighted by Gasteiger charge is -2.22. The molecule has 4 nitrogen and oxygen atoms in total. The Bertz CT molecular complexity index is 486. The number of aliphatic carboxylic acids is 1. The van der Waals surface area contributed by atoms with Crippen LogP contribution in [0.3, 0.4) is 0 Å². The summed E-state index contributed by atoms with van der Waals surface area (Å²) >= 11 is 3.44. The van der Waals surface area contributed by atoms with Gasteiger partial charge < -0.3 is 14.7 Å². The molecular formula is C14H18BrNO3. The molecule has 0 unspecified atom stereocenters. The number of carboxylic acids is 1. The Morgan fingerprint density at radius 3 is 2.74 bits per heavy atom. The molecule has 2 rings (SSSR count). The summed E-state index contributed by atoms with van der Waals surface area (Å²) in [7, 11) is 3.59. The van der Waals surface area contributed by atoms with Gasteiger partial charge in [-0.1, -0.05) is 15.9 Å². The molecular weight excluding hydrogens is 310 g/mol. The Kier molecular flexibility index (Phi) is 4.16. The van der Waals surface area contributed by atoms with E-state index >= 15 is 0 Å². The van der Waals surface area contributed by atoms with Crippen LogP contribution in [0.15, 0.2) is 22.7 Å². The van der Waals surface area contributed by atoms with E-state index in [1.807, 2.05) is 30.1 Å². The predicted octanol–water partition coefficient (Wildman–Crippen LogP) is 2.75. The Balaban J connectivity index is 2.05. The number of nitrogens with zero attached hydrogens (tertiary/aromatic N) is 1. The molecule has 0 saturated heterocycles. The van der Waals surface area contributed by atoms with E-state index in [-0.39, 0.29) is 0 Å². The summed E-state index contributed by atoms with van der Waals surface area (Å²) in [5.41, 5.74) is 0.536. The molecule has 1 aliphatic rings. The van der Waals surface area contributed by atoms with Gasteiger partial charge in [-0.3, -0.25) is 4.79 Å². The standard InChI is InChI=1S/C14H18BrNO3/c1-16(9-14(5-6-14)13(17)18)8-10-7-11(15)3-4-12(10)19-2/h3-4,7H,5-6,8-9H2,1-2H3,(H,17,18). The van der Waals surface area contributed by atoms with E-state index in [4.69, 9.17) is 4.74 Å². The van der Waals surface area contributed by atoms with E-state index in [9.17, 15) is 9.90 Å². The molecule has 1 fully saturated rings. The molecule has 0 atom stereocenters. The van der Waals surface area contributed by atoms with Crippen LogP contribution >= 0.6 is 15.9 Å². The maximum absolute atomic E-state index is 11.2. The molecule has 0 aromatic heterocycles. The lowest BCUT2D eigenvalue weighted by Crippen LogP contribution is -2.31. The lowest BCUT2D eigenvalue weighted by atomic mass is 10.1. The third kappa shape index (κ3) is 3.28. The van der Waals surface area contributed by atoms with E-state index in [2.05, 4.69) is 15.9 Å². The summed E-state index contributed by atoms with van der Waals surface area (Å²) in [6.07, 6.45) is 1.56. The summed E-state index contributed by atoms with van der Waals surface area (Å²) in [6, 6.07) is 5.86. The molecule has 5 heteroatoms. The van der Waals surface area contributed by atoms with Gasteiger partial charge in [0.15, 0.2) is 0 Å². The van der Waals surface area contributed by atoms with Gasteiger partial charge in [-0.05, 0) is 38.1 Å². The molecule has 0 bridgehead atoms. The van der Waals surface area contributed by atoms with E-state index in [0.717, 1.165) is 28.6 Å². The van der Waals surface area contributed by atoms with E-state index in [0.29, 0.717) is 13.1 Å². The average molecular weight is 328 g/mol. The van der Waals surface area contributed by atoms with Crippen LogP contribution in [0.4, 0.5) is 0 Å². The zero-order valence-electron chi connectivity index (χ0n) is 11.1. The third-order valence-corrected chi connectivity index (χ3v) is 4.06. The Morgan fingerprint density at radius 1 is 1.53 bits per heavy atom. The second-order valence-electron chi connectivity index (χ2n) is 5.21. The first kappa shape index (κ1) is 14.3. The fourth-order valence-electron chi connectivity index (χ4n) is 2.32. The van der Waals surface area contributed by atoms with Crippen molar-refractivity contribution >= 4 is 21.9 Å². The van der Waals surface area contributed by atoms with Crippen molar-refractivity contribution in [3.63, 3.8) is 0 Å². The van der Waals surface area contributed by atoms with Gasteiger partial charge in [0, 0.05) is 23.1 Å². The molecule has 1 aromatic carbocycles. The van der Waals surface area contributed by atoms with Crippen molar-refractivity contribution in [2.24, 2.45) is 5.41 Å². The minimum absolute atomic E-state index is 0.520. The number of hydrogen-bond acceptors (Lipinski definition) is 3. The predicted molar refractivity (Wildman–Crippen MR) is 76.3 cm³/mol. The number of hydrogen-bond donors (Lipinski definition) is 1. The minimum Gasteiger partial charge on any atom is -0.496 e. The first-order chi connectivity index (χ1) is 8.97. The smallest absolute Gasteiger partial charge is 0.310 e. The molecule has 1 aliphatic carbocycles. The van der Waals surface area contributed by atoms with Crippen molar-refractivity contribution in [1.82, 2.24) is 4.90 Å². The highest BCUT2D eigenvalue weighted by atomic mass is 79.9. The van der Waals surface area contributed by atoms with E-state index in [1.165, 1.54) is 0 Å². The molecule has 1 aromatic rings. The molecule has 0 amide bonds. The van der Waals surface area contributed by atoms with Crippen LogP contribution in [-0.2, 0) is 11.3 Å². The number of ether oxygens (including phenoxy) is 1. The van der Waals surface area contributed by atoms with Crippen molar-refractivity contribution in [1.29, 1.82) is 0 Å². The van der Waals surface area contributed by atoms with Crippen LogP contribution < -0.4 is 4.74 Å². The molecule has 0 heterocycles. The quantitative estimate of drug-likeness (QED) is 0.872. The number of benzene rings is 1. The zero-order chi connectivity index (χ0) is 14.0. The Morgan fingerprint density at radius 2 is 2.21 bits per heavy atom. The molecule has 0 radical (unpaired) electrons. The Labute approximate surface area is 121 Å². The highest BCUT2D eigenvalue weighted by Crippen LogP contribution is 2.46. The van der Waals surface area contributed by atoms with Gasteiger partial charge in [0.2, 0.25) is 0 Å². The van der Waals surface area contributed by atoms with Gasteiger partial charge in [0.1, 0.15) is 5.75 Å². The fourth-order valence-corrected chi connectivity index (χ4v) is 2.73. The van der Waals surface area contributed by atoms with Gasteiger partial charge in [-0.15, -0.1) is 0 Å². The summed E-state index contributed by atoms with van der Waals surface area (Å²) in [4.78, 5) is 13.2. The normalized spacial score (nSPS) is 16.4. The van der Waals surface area contributed by atoms with Crippen LogP contribution in [0.1, 0.15) is 18.4 Å². The number of halogens is 1. The second-order valence-corrected chi connectivity index (χ2v) is 6.13. The zero-order valence-corrected chi connectivity index (χ0v) is 12.7. The summed E-state index contributed by atoms with van der Waals surface area (Å²) in [5, 5.41) is 9.20. The van der Waals surface area contributed by atoms with E-state index in [1.54, 1.807) is 7.11 Å². The third-order valence-electron chi connectivity index (χ3n) is 3.56. The monoisotopic (exact) mass is 327 g/mol. The minimum atomic E-state index is -0.680. The van der Waals surface area contributed by atoms with Gasteiger partial charge >= 0.3 is 5.97 Å². The SMILES string of the molecule is COc1ccc(Br)cc1CN(C)CC1(C(=O)O)CC1. The van der Waals surface area contributed by atoms with Crippen LogP contribution in [0.5, 0.6) is 5.75 Å². The number of carbonyl (C=O) groups is 1. The molecule has 0 aliphatic heterocycles. The van der Waals surface area contributed by atoms with Crippen molar-refractivity contribution in [2.75, 3.05) is 20.7 Å². The number of carboxylic acid groups (broad SMARTS) is 1. The maximum Gasteiger partial charge on any atom is 0.310 e. The fraction of sp³-hybridized carbons (Fsp3) is 0.500.